The highest BCUT2D eigenvalue weighted by molar-refractivity contribution is 9.10. The van der Waals surface area contributed by atoms with Gasteiger partial charge < -0.3 is 19.3 Å². The number of imide groups is 2. The molecule has 4 aromatic carbocycles. The molecular formula is C51H44BrClN4O8S. The van der Waals surface area contributed by atoms with Gasteiger partial charge in [0.1, 0.15) is 23.0 Å². The molecule has 0 radical (unpaired) electrons. The number of ether oxygens (including phenoxy) is 3. The number of aromatic nitrogens is 2. The van der Waals surface area contributed by atoms with Crippen LogP contribution in [0.25, 0.3) is 32.8 Å². The predicted octanol–water partition coefficient (Wildman–Crippen LogP) is 10.4. The van der Waals surface area contributed by atoms with Crippen molar-refractivity contribution in [3.05, 3.63) is 122 Å². The van der Waals surface area contributed by atoms with E-state index in [0.717, 1.165) is 37.2 Å². The second kappa shape index (κ2) is 16.3. The number of anilines is 2. The molecule has 6 atom stereocenters. The molecule has 4 amide bonds. The van der Waals surface area contributed by atoms with Crippen LogP contribution in [0.5, 0.6) is 23.0 Å². The van der Waals surface area contributed by atoms with E-state index in [1.165, 1.54) is 16.9 Å². The lowest BCUT2D eigenvalue weighted by molar-refractivity contribution is -0.131. The predicted molar refractivity (Wildman–Crippen MR) is 258 cm³/mol. The summed E-state index contributed by atoms with van der Waals surface area (Å²) >= 11 is 11.5. The molecule has 3 fully saturated rings. The number of nitrogens with zero attached hydrogens (tertiary/aromatic N) is 4. The van der Waals surface area contributed by atoms with Gasteiger partial charge in [-0.05, 0) is 110 Å². The Bertz CT molecular complexity index is 3120. The third-order valence-electron chi connectivity index (χ3n) is 14.1. The Kier molecular flexibility index (Phi) is 10.8. The summed E-state index contributed by atoms with van der Waals surface area (Å²) in [6, 6.07) is 23.6. The van der Waals surface area contributed by atoms with Crippen molar-refractivity contribution in [2.75, 3.05) is 31.1 Å². The van der Waals surface area contributed by atoms with Crippen molar-refractivity contribution in [3.8, 4) is 33.6 Å². The van der Waals surface area contributed by atoms with Crippen LogP contribution < -0.4 is 24.0 Å². The topological polar surface area (TPSA) is 140 Å². The summed E-state index contributed by atoms with van der Waals surface area (Å²) < 4.78 is 19.7. The molecule has 0 bridgehead atoms. The number of hydrogen-bond donors (Lipinski definition) is 1. The van der Waals surface area contributed by atoms with Gasteiger partial charge in [0.15, 0.2) is 11.5 Å². The first-order chi connectivity index (χ1) is 31.7. The number of allylic oxidation sites excluding steroid dienone is 2. The molecule has 1 saturated carbocycles. The van der Waals surface area contributed by atoms with Crippen molar-refractivity contribution < 1.29 is 38.5 Å². The van der Waals surface area contributed by atoms with E-state index >= 15 is 9.59 Å². The number of aryl methyl sites for hydroxylation is 2. The second-order valence-corrected chi connectivity index (χ2v) is 19.9. The lowest BCUT2D eigenvalue weighted by atomic mass is 9.51. The minimum atomic E-state index is -1.42. The minimum absolute atomic E-state index is 0.137. The maximum atomic E-state index is 15.4. The van der Waals surface area contributed by atoms with Crippen LogP contribution in [0.15, 0.2) is 95.0 Å². The average Bonchev–Trinajstić information content (AvgIpc) is 3.99. The van der Waals surface area contributed by atoms with Crippen LogP contribution in [-0.2, 0) is 26.2 Å². The number of phenolic OH excluding ortho intramolecular Hbond substituents is 1. The van der Waals surface area contributed by atoms with E-state index in [1.807, 2.05) is 73.7 Å². The van der Waals surface area contributed by atoms with Crippen LogP contribution in [0.2, 0.25) is 5.02 Å². The SMILES string of the molecule is COc1ccc(OC)c(C=Cc2ccc(N3C(=O)C4CC=C5C(CC6C(=O)N(c7cc(-c8sc9ccc(Cl)cc9c8C)nn7C)C(=O)C6(C)C5c5cc(Br)cc(OC)c5O)C4C3=O)cc2)c1. The van der Waals surface area contributed by atoms with Crippen LogP contribution in [0.3, 0.4) is 0 Å². The molecule has 2 aliphatic heterocycles. The number of carbonyl (C=O) groups excluding carboxylic acids is 4. The van der Waals surface area contributed by atoms with Gasteiger partial charge in [0, 0.05) is 44.4 Å². The zero-order chi connectivity index (χ0) is 46.5. The highest BCUT2D eigenvalue weighted by atomic mass is 79.9. The summed E-state index contributed by atoms with van der Waals surface area (Å²) in [6.45, 7) is 3.78. The number of fused-ring (bicyclic) bond motifs is 5. The number of carbonyl (C=O) groups is 4. The van der Waals surface area contributed by atoms with E-state index in [1.54, 1.807) is 74.5 Å². The van der Waals surface area contributed by atoms with Gasteiger partial charge in [0.05, 0.1) is 55.1 Å². The fourth-order valence-corrected chi connectivity index (χ4v) is 12.7. The molecule has 336 valence electrons. The number of hydrogen-bond acceptors (Lipinski definition) is 10. The molecule has 2 saturated heterocycles. The molecule has 2 aliphatic carbocycles. The van der Waals surface area contributed by atoms with Gasteiger partial charge in [-0.2, -0.15) is 5.10 Å². The molecule has 6 aromatic rings. The number of benzene rings is 4. The molecule has 4 heterocycles. The van der Waals surface area contributed by atoms with E-state index in [2.05, 4.69) is 15.9 Å². The van der Waals surface area contributed by atoms with Crippen molar-refractivity contribution in [2.45, 2.75) is 32.6 Å². The number of phenols is 1. The Morgan fingerprint density at radius 3 is 2.35 bits per heavy atom. The van der Waals surface area contributed by atoms with E-state index in [0.29, 0.717) is 43.8 Å². The zero-order valence-electron chi connectivity index (χ0n) is 36.8. The van der Waals surface area contributed by atoms with Crippen LogP contribution in [0.4, 0.5) is 11.5 Å². The maximum absolute atomic E-state index is 15.4. The summed E-state index contributed by atoms with van der Waals surface area (Å²) in [5.41, 5.74) is 3.36. The molecule has 10 rings (SSSR count). The average molecular weight is 988 g/mol. The van der Waals surface area contributed by atoms with Gasteiger partial charge >= 0.3 is 0 Å². The van der Waals surface area contributed by atoms with E-state index in [9.17, 15) is 14.7 Å². The minimum Gasteiger partial charge on any atom is -0.504 e. The lowest BCUT2D eigenvalue weighted by Crippen LogP contribution is -2.49. The van der Waals surface area contributed by atoms with Gasteiger partial charge in [0.2, 0.25) is 23.6 Å². The Labute approximate surface area is 398 Å². The van der Waals surface area contributed by atoms with E-state index in [4.69, 9.17) is 30.9 Å². The van der Waals surface area contributed by atoms with Crippen molar-refractivity contribution in [3.63, 3.8) is 0 Å². The molecular weight excluding hydrogens is 944 g/mol. The number of rotatable bonds is 9. The standard InChI is InChI=1S/C51H44BrClN4O8S/c1-25-34-22-29(53)11-18-41(34)66-46(25)38-24-42(55(3)54-38)57-48(60)37-23-35-32(44(51(37,2)50(57)62)36-20-28(52)21-40(65-6)45(36)58)15-16-33-43(35)49(61)56(47(33)59)30-12-8-26(9-13-30)7-10-27-19-31(63-4)14-17-39(27)64-5/h7-15,17-22,24,33,35,37,43-44,58H,16,23H2,1-6H3. The van der Waals surface area contributed by atoms with Crippen LogP contribution >= 0.6 is 38.9 Å². The van der Waals surface area contributed by atoms with Crippen molar-refractivity contribution >= 4 is 96.2 Å². The Balaban J connectivity index is 1.02. The number of amides is 4. The molecule has 4 aliphatic rings. The van der Waals surface area contributed by atoms with Crippen molar-refractivity contribution in [1.82, 2.24) is 9.78 Å². The first-order valence-corrected chi connectivity index (χ1v) is 23.4. The molecule has 1 N–H and O–H groups in total. The van der Waals surface area contributed by atoms with Crippen LogP contribution in [0.1, 0.15) is 47.9 Å². The van der Waals surface area contributed by atoms with Gasteiger partial charge in [-0.25, -0.2) is 4.90 Å². The highest BCUT2D eigenvalue weighted by Crippen LogP contribution is 2.65. The summed E-state index contributed by atoms with van der Waals surface area (Å²) in [6.07, 6.45) is 6.15. The molecule has 15 heteroatoms. The fourth-order valence-electron chi connectivity index (χ4n) is 10.9. The monoisotopic (exact) mass is 986 g/mol. The molecule has 0 spiro atoms. The largest absolute Gasteiger partial charge is 0.504 e. The number of thiophene rings is 1. The summed E-state index contributed by atoms with van der Waals surface area (Å²) in [4.78, 5) is 63.2. The molecule has 6 unspecified atom stereocenters. The van der Waals surface area contributed by atoms with Crippen LogP contribution in [0, 0.1) is 36.0 Å². The van der Waals surface area contributed by atoms with Gasteiger partial charge in [-0.1, -0.05) is 63.5 Å². The molecule has 2 aromatic heterocycles. The number of halogens is 2. The smallest absolute Gasteiger partial charge is 0.242 e. The first-order valence-electron chi connectivity index (χ1n) is 21.4. The lowest BCUT2D eigenvalue weighted by Gasteiger charge is -2.49. The fraction of sp³-hybridized carbons (Fsp3) is 0.275. The highest BCUT2D eigenvalue weighted by Gasteiger charge is 2.68. The van der Waals surface area contributed by atoms with Crippen molar-refractivity contribution in [2.24, 2.45) is 36.1 Å². The third-order valence-corrected chi connectivity index (χ3v) is 16.1. The molecule has 12 nitrogen and oxygen atoms in total. The first kappa shape index (κ1) is 43.7. The van der Waals surface area contributed by atoms with E-state index < -0.39 is 46.8 Å². The van der Waals surface area contributed by atoms with E-state index in [-0.39, 0.29) is 36.2 Å². The Morgan fingerprint density at radius 2 is 1.62 bits per heavy atom. The van der Waals surface area contributed by atoms with Crippen molar-refractivity contribution in [1.29, 1.82) is 0 Å². The second-order valence-electron chi connectivity index (χ2n) is 17.5. The van der Waals surface area contributed by atoms with Gasteiger partial charge in [0.25, 0.3) is 0 Å². The zero-order valence-corrected chi connectivity index (χ0v) is 40.0. The normalized spacial score (nSPS) is 23.7. The Morgan fingerprint density at radius 1 is 0.864 bits per heavy atom. The summed E-state index contributed by atoms with van der Waals surface area (Å²) in [7, 11) is 6.35. The summed E-state index contributed by atoms with van der Waals surface area (Å²) in [5, 5.41) is 18.3. The molecule has 66 heavy (non-hydrogen) atoms. The number of aromatic hydroxyl groups is 1. The van der Waals surface area contributed by atoms with Gasteiger partial charge in [-0.3, -0.25) is 28.8 Å². The Hall–Kier alpha value is -6.22. The maximum Gasteiger partial charge on any atom is 0.242 e. The quantitative estimate of drug-likeness (QED) is 0.0852. The van der Waals surface area contributed by atoms with Gasteiger partial charge in [-0.15, -0.1) is 11.3 Å². The third kappa shape index (κ3) is 6.62. The summed E-state index contributed by atoms with van der Waals surface area (Å²) in [5.74, 6) is -3.82. The number of methoxy groups -OCH3 is 3. The van der Waals surface area contributed by atoms with Crippen LogP contribution in [-0.4, -0.2) is 59.8 Å².